The Morgan fingerprint density at radius 2 is 2.04 bits per heavy atom. The second-order valence-corrected chi connectivity index (χ2v) is 5.11. The molecular formula is C16H23ClN2O4. The van der Waals surface area contributed by atoms with E-state index in [0.717, 1.165) is 19.4 Å². The van der Waals surface area contributed by atoms with Gasteiger partial charge >= 0.3 is 5.97 Å². The molecule has 0 radical (unpaired) electrons. The highest BCUT2D eigenvalue weighted by Gasteiger charge is 2.15. The van der Waals surface area contributed by atoms with Gasteiger partial charge in [0, 0.05) is 18.8 Å². The number of ether oxygens (including phenoxy) is 2. The molecule has 1 fully saturated rings. The summed E-state index contributed by atoms with van der Waals surface area (Å²) in [6, 6.07) is 6.63. The minimum absolute atomic E-state index is 0. The summed E-state index contributed by atoms with van der Waals surface area (Å²) in [6.45, 7) is 3.84. The third-order valence-corrected chi connectivity index (χ3v) is 3.36. The molecule has 1 atom stereocenters. The molecule has 1 aliphatic heterocycles. The van der Waals surface area contributed by atoms with Crippen molar-refractivity contribution in [2.45, 2.75) is 25.9 Å². The van der Waals surface area contributed by atoms with Crippen LogP contribution in [0.3, 0.4) is 0 Å². The summed E-state index contributed by atoms with van der Waals surface area (Å²) in [5, 5.41) is 5.85. The second kappa shape index (κ2) is 10.2. The monoisotopic (exact) mass is 342 g/mol. The van der Waals surface area contributed by atoms with E-state index < -0.39 is 0 Å². The molecule has 1 unspecified atom stereocenters. The van der Waals surface area contributed by atoms with Gasteiger partial charge in [-0.1, -0.05) is 0 Å². The van der Waals surface area contributed by atoms with Crippen LogP contribution in [0.1, 0.15) is 30.1 Å². The highest BCUT2D eigenvalue weighted by atomic mass is 35.5. The van der Waals surface area contributed by atoms with E-state index in [9.17, 15) is 9.59 Å². The largest absolute Gasteiger partial charge is 0.462 e. The van der Waals surface area contributed by atoms with Crippen LogP contribution in [-0.2, 0) is 14.3 Å². The van der Waals surface area contributed by atoms with Gasteiger partial charge in [-0.05, 0) is 44.0 Å². The summed E-state index contributed by atoms with van der Waals surface area (Å²) in [6.07, 6.45) is 2.35. The van der Waals surface area contributed by atoms with Gasteiger partial charge in [0.15, 0.2) is 0 Å². The van der Waals surface area contributed by atoms with Crippen molar-refractivity contribution in [2.75, 3.05) is 31.6 Å². The molecule has 1 saturated heterocycles. The van der Waals surface area contributed by atoms with Crippen molar-refractivity contribution in [3.05, 3.63) is 29.8 Å². The molecule has 7 heteroatoms. The molecule has 2 rings (SSSR count). The quantitative estimate of drug-likeness (QED) is 0.741. The first-order chi connectivity index (χ1) is 10.7. The molecular weight excluding hydrogens is 320 g/mol. The number of carbonyl (C=O) groups excluding carboxylic acids is 2. The Kier molecular flexibility index (Phi) is 8.61. The third kappa shape index (κ3) is 6.56. The standard InChI is InChI=1S/C16H22N2O4.ClH/c1-2-21-16(20)12-5-7-13(8-6-12)18-15(19)11-17-10-14-4-3-9-22-14;/h5-8,14,17H,2-4,9-11H2,1H3,(H,18,19);1H. The molecule has 1 heterocycles. The number of halogens is 1. The molecule has 0 aliphatic carbocycles. The lowest BCUT2D eigenvalue weighted by atomic mass is 10.2. The maximum atomic E-state index is 11.8. The second-order valence-electron chi connectivity index (χ2n) is 5.11. The molecule has 1 aromatic rings. The predicted octanol–water partition coefficient (Wildman–Crippen LogP) is 1.99. The fraction of sp³-hybridized carbons (Fsp3) is 0.500. The molecule has 2 N–H and O–H groups in total. The lowest BCUT2D eigenvalue weighted by Gasteiger charge is -2.11. The molecule has 0 aromatic heterocycles. The highest BCUT2D eigenvalue weighted by Crippen LogP contribution is 2.11. The average Bonchev–Trinajstić information content (AvgIpc) is 3.01. The van der Waals surface area contributed by atoms with Crippen LogP contribution in [0.2, 0.25) is 0 Å². The van der Waals surface area contributed by atoms with E-state index in [-0.39, 0.29) is 36.9 Å². The van der Waals surface area contributed by atoms with Crippen molar-refractivity contribution in [1.82, 2.24) is 5.32 Å². The smallest absolute Gasteiger partial charge is 0.338 e. The third-order valence-electron chi connectivity index (χ3n) is 3.36. The van der Waals surface area contributed by atoms with Crippen molar-refractivity contribution in [3.63, 3.8) is 0 Å². The number of nitrogens with one attached hydrogen (secondary N) is 2. The van der Waals surface area contributed by atoms with Gasteiger partial charge in [0.1, 0.15) is 0 Å². The molecule has 1 aromatic carbocycles. The first-order valence-corrected chi connectivity index (χ1v) is 7.58. The Balaban J connectivity index is 0.00000264. The van der Waals surface area contributed by atoms with E-state index in [2.05, 4.69) is 10.6 Å². The molecule has 128 valence electrons. The summed E-state index contributed by atoms with van der Waals surface area (Å²) in [5.41, 5.74) is 1.12. The fourth-order valence-corrected chi connectivity index (χ4v) is 2.26. The van der Waals surface area contributed by atoms with E-state index >= 15 is 0 Å². The van der Waals surface area contributed by atoms with Crippen molar-refractivity contribution in [1.29, 1.82) is 0 Å². The van der Waals surface area contributed by atoms with E-state index in [1.807, 2.05) is 0 Å². The zero-order valence-electron chi connectivity index (χ0n) is 13.2. The maximum Gasteiger partial charge on any atom is 0.338 e. The SMILES string of the molecule is CCOC(=O)c1ccc(NC(=O)CNCC2CCCO2)cc1.Cl. The van der Waals surface area contributed by atoms with Crippen LogP contribution in [0.4, 0.5) is 5.69 Å². The summed E-state index contributed by atoms with van der Waals surface area (Å²) in [7, 11) is 0. The van der Waals surface area contributed by atoms with Crippen LogP contribution in [0.25, 0.3) is 0 Å². The molecule has 0 bridgehead atoms. The van der Waals surface area contributed by atoms with E-state index in [1.54, 1.807) is 31.2 Å². The molecule has 1 aliphatic rings. The Morgan fingerprint density at radius 1 is 1.30 bits per heavy atom. The average molecular weight is 343 g/mol. The van der Waals surface area contributed by atoms with E-state index in [0.29, 0.717) is 24.4 Å². The summed E-state index contributed by atoms with van der Waals surface area (Å²) < 4.78 is 10.4. The minimum atomic E-state index is -0.362. The van der Waals surface area contributed by atoms with Gasteiger partial charge in [-0.2, -0.15) is 0 Å². The lowest BCUT2D eigenvalue weighted by molar-refractivity contribution is -0.115. The van der Waals surface area contributed by atoms with Crippen LogP contribution in [0.5, 0.6) is 0 Å². The summed E-state index contributed by atoms with van der Waals surface area (Å²) in [4.78, 5) is 23.3. The number of hydrogen-bond acceptors (Lipinski definition) is 5. The van der Waals surface area contributed by atoms with Gasteiger partial charge in [-0.25, -0.2) is 4.79 Å². The molecule has 23 heavy (non-hydrogen) atoms. The van der Waals surface area contributed by atoms with Crippen molar-refractivity contribution in [3.8, 4) is 0 Å². The van der Waals surface area contributed by atoms with Gasteiger partial charge in [0.2, 0.25) is 5.91 Å². The van der Waals surface area contributed by atoms with Gasteiger partial charge < -0.3 is 20.1 Å². The van der Waals surface area contributed by atoms with E-state index in [4.69, 9.17) is 9.47 Å². The molecule has 6 nitrogen and oxygen atoms in total. The maximum absolute atomic E-state index is 11.8. The first kappa shape index (κ1) is 19.4. The highest BCUT2D eigenvalue weighted by molar-refractivity contribution is 5.94. The Labute approximate surface area is 142 Å². The Bertz CT molecular complexity index is 501. The van der Waals surface area contributed by atoms with Crippen LogP contribution >= 0.6 is 12.4 Å². The predicted molar refractivity (Wildman–Crippen MR) is 90.1 cm³/mol. The summed E-state index contributed by atoms with van der Waals surface area (Å²) >= 11 is 0. The number of esters is 1. The van der Waals surface area contributed by atoms with Gasteiger partial charge in [0.05, 0.1) is 24.8 Å². The number of rotatable bonds is 7. The van der Waals surface area contributed by atoms with Gasteiger partial charge in [-0.15, -0.1) is 12.4 Å². The van der Waals surface area contributed by atoms with Crippen molar-refractivity contribution in [2.24, 2.45) is 0 Å². The van der Waals surface area contributed by atoms with Crippen molar-refractivity contribution < 1.29 is 19.1 Å². The zero-order chi connectivity index (χ0) is 15.8. The van der Waals surface area contributed by atoms with Crippen LogP contribution in [0, 0.1) is 0 Å². The van der Waals surface area contributed by atoms with Crippen LogP contribution in [0.15, 0.2) is 24.3 Å². The number of hydrogen-bond donors (Lipinski definition) is 2. The minimum Gasteiger partial charge on any atom is -0.462 e. The number of anilines is 1. The van der Waals surface area contributed by atoms with E-state index in [1.165, 1.54) is 0 Å². The van der Waals surface area contributed by atoms with Crippen LogP contribution in [-0.4, -0.2) is 44.3 Å². The van der Waals surface area contributed by atoms with Crippen LogP contribution < -0.4 is 10.6 Å². The van der Waals surface area contributed by atoms with Gasteiger partial charge in [0.25, 0.3) is 0 Å². The molecule has 0 spiro atoms. The normalized spacial score (nSPS) is 16.5. The number of amides is 1. The molecule has 1 amide bonds. The first-order valence-electron chi connectivity index (χ1n) is 7.58. The fourth-order valence-electron chi connectivity index (χ4n) is 2.26. The van der Waals surface area contributed by atoms with Crippen molar-refractivity contribution >= 4 is 30.0 Å². The molecule has 0 saturated carbocycles. The number of carbonyl (C=O) groups is 2. The topological polar surface area (TPSA) is 76.7 Å². The number of benzene rings is 1. The zero-order valence-corrected chi connectivity index (χ0v) is 14.0. The Morgan fingerprint density at radius 3 is 2.65 bits per heavy atom. The Hall–Kier alpha value is -1.63. The van der Waals surface area contributed by atoms with Gasteiger partial charge in [-0.3, -0.25) is 4.79 Å². The lowest BCUT2D eigenvalue weighted by Crippen LogP contribution is -2.33. The summed E-state index contributed by atoms with van der Waals surface area (Å²) in [5.74, 6) is -0.486.